The molecule has 19 atom stereocenters. The molecule has 0 amide bonds. The number of hydrogen-bond acceptors (Lipinski definition) is 9. The van der Waals surface area contributed by atoms with Crippen molar-refractivity contribution >= 4 is 32.9 Å². The second kappa shape index (κ2) is 15.1. The standard InChI is InChI=1S/C60H71N3O6/c1-5-32-15-31-16-48-54(32)61(27-31)35(19-46-43-22-38(65)9-12-52(43)67-57(46)48)18-41-34-17-49-56(40(41)7-3)62(28-34)36(20-47-44-23-39(66)10-13-53(44)68-58(47)49)25-60-24-33(6-2)55-50(26-60)59-45(14-30(4)63(55)29-60)42-21-37(64)8-11-51(42)69-59/h8-13,21-23,30-36,40-41,48-50,54-56,64-66H,5-7,14-20,24-29H2,1-4H3/t30-,31?,32?,33?,34?,35-,36-,40?,41?,48?,49?,50?,54?,55?,56?,60?/m1/s1. The van der Waals surface area contributed by atoms with Crippen LogP contribution in [0.15, 0.2) is 67.8 Å². The molecule has 3 aromatic heterocycles. The van der Waals surface area contributed by atoms with Gasteiger partial charge in [0.25, 0.3) is 0 Å². The molecule has 9 nitrogen and oxygen atoms in total. The maximum Gasteiger partial charge on any atom is 0.134 e. The lowest BCUT2D eigenvalue weighted by Gasteiger charge is -2.63. The Balaban J connectivity index is 0.817. The second-order valence-electron chi connectivity index (χ2n) is 24.8. The van der Waals surface area contributed by atoms with E-state index in [-0.39, 0.29) is 5.41 Å². The van der Waals surface area contributed by atoms with E-state index < -0.39 is 0 Å². The summed E-state index contributed by atoms with van der Waals surface area (Å²) < 4.78 is 21.0. The highest BCUT2D eigenvalue weighted by Gasteiger charge is 2.62. The molecule has 9 fully saturated rings. The summed E-state index contributed by atoms with van der Waals surface area (Å²) in [5, 5.41) is 35.9. The maximum absolute atomic E-state index is 11.0. The topological polar surface area (TPSA) is 110 Å². The molecule has 6 aromatic rings. The van der Waals surface area contributed by atoms with E-state index in [1.807, 2.05) is 42.5 Å². The molecule has 0 radical (unpaired) electrons. The number of furan rings is 3. The summed E-state index contributed by atoms with van der Waals surface area (Å²) in [6, 6.07) is 20.0. The van der Waals surface area contributed by atoms with Crippen LogP contribution < -0.4 is 0 Å². The van der Waals surface area contributed by atoms with E-state index in [0.29, 0.717) is 107 Å². The average molecular weight is 930 g/mol. The third-order valence-corrected chi connectivity index (χ3v) is 21.5. The summed E-state index contributed by atoms with van der Waals surface area (Å²) in [6.07, 6.45) is 15.0. The molecule has 362 valence electrons. The van der Waals surface area contributed by atoms with Crippen molar-refractivity contribution in [1.29, 1.82) is 0 Å². The van der Waals surface area contributed by atoms with Gasteiger partial charge in [-0.05, 0) is 167 Å². The van der Waals surface area contributed by atoms with Crippen molar-refractivity contribution < 1.29 is 28.6 Å². The maximum atomic E-state index is 11.0. The van der Waals surface area contributed by atoms with Crippen LogP contribution in [0.4, 0.5) is 0 Å². The summed E-state index contributed by atoms with van der Waals surface area (Å²) in [4.78, 5) is 9.05. The Hall–Kier alpha value is -4.44. The van der Waals surface area contributed by atoms with E-state index in [0.717, 1.165) is 84.5 Å². The van der Waals surface area contributed by atoms with Crippen LogP contribution in [0.3, 0.4) is 0 Å². The van der Waals surface area contributed by atoms with Crippen molar-refractivity contribution in [2.75, 3.05) is 19.6 Å². The van der Waals surface area contributed by atoms with E-state index in [1.54, 1.807) is 12.1 Å². The summed E-state index contributed by atoms with van der Waals surface area (Å²) in [5.74, 6) is 9.48. The van der Waals surface area contributed by atoms with Gasteiger partial charge in [-0.3, -0.25) is 14.7 Å². The van der Waals surface area contributed by atoms with Crippen molar-refractivity contribution in [3.63, 3.8) is 0 Å². The van der Waals surface area contributed by atoms with Gasteiger partial charge < -0.3 is 28.6 Å². The molecular weight excluding hydrogens is 859 g/mol. The van der Waals surface area contributed by atoms with Crippen molar-refractivity contribution in [2.24, 2.45) is 40.9 Å². The highest BCUT2D eigenvalue weighted by molar-refractivity contribution is 5.86. The number of benzene rings is 3. The summed E-state index contributed by atoms with van der Waals surface area (Å²) in [7, 11) is 0. The van der Waals surface area contributed by atoms with Crippen LogP contribution in [-0.2, 0) is 19.3 Å². The number of nitrogens with zero attached hydrogens (tertiary/aromatic N) is 3. The lowest BCUT2D eigenvalue weighted by Crippen LogP contribution is -2.66. The van der Waals surface area contributed by atoms with Gasteiger partial charge in [0.05, 0.1) is 0 Å². The fraction of sp³-hybridized carbons (Fsp3) is 0.600. The Bertz CT molecular complexity index is 3040. The van der Waals surface area contributed by atoms with Crippen LogP contribution in [0.25, 0.3) is 32.9 Å². The highest BCUT2D eigenvalue weighted by atomic mass is 16.3. The molecule has 9 aliphatic heterocycles. The van der Waals surface area contributed by atoms with E-state index in [9.17, 15) is 15.3 Å². The van der Waals surface area contributed by atoms with Crippen LogP contribution in [-0.4, -0.2) is 85.9 Å². The van der Waals surface area contributed by atoms with Gasteiger partial charge in [0.2, 0.25) is 0 Å². The largest absolute Gasteiger partial charge is 0.508 e. The second-order valence-corrected chi connectivity index (χ2v) is 24.8. The highest BCUT2D eigenvalue weighted by Crippen LogP contribution is 2.63. The number of hydrogen-bond donors (Lipinski definition) is 3. The molecule has 3 N–H and O–H groups in total. The van der Waals surface area contributed by atoms with Gasteiger partial charge in [0.15, 0.2) is 0 Å². The van der Waals surface area contributed by atoms with Crippen LogP contribution >= 0.6 is 0 Å². The molecule has 69 heavy (non-hydrogen) atoms. The first-order chi connectivity index (χ1) is 33.6. The Morgan fingerprint density at radius 1 is 0.565 bits per heavy atom. The number of fused-ring (bicyclic) bond motifs is 12. The first-order valence-electron chi connectivity index (χ1n) is 27.6. The molecule has 12 bridgehead atoms. The zero-order chi connectivity index (χ0) is 46.4. The predicted octanol–water partition coefficient (Wildman–Crippen LogP) is 12.2. The Morgan fingerprint density at radius 3 is 1.75 bits per heavy atom. The third-order valence-electron chi connectivity index (χ3n) is 21.5. The smallest absolute Gasteiger partial charge is 0.134 e. The van der Waals surface area contributed by atoms with Crippen molar-refractivity contribution in [3.05, 3.63) is 88.6 Å². The number of phenolic OH excluding ortho intramolecular Hbond substituents is 3. The molecule has 3 aromatic carbocycles. The van der Waals surface area contributed by atoms with Crippen molar-refractivity contribution in [3.8, 4) is 17.2 Å². The molecule has 9 heteroatoms. The van der Waals surface area contributed by atoms with Gasteiger partial charge in [-0.1, -0.05) is 40.0 Å². The van der Waals surface area contributed by atoms with E-state index >= 15 is 0 Å². The molecule has 18 rings (SSSR count). The van der Waals surface area contributed by atoms with Crippen molar-refractivity contribution in [1.82, 2.24) is 14.7 Å². The SMILES string of the molecule is CCC1CC2CC3c4oc5ccc(O)cc5c4C[C@@H](CC4C5CC6c7oc8ccc(O)cc8c7C[C@H](CC78CC(CC)C9C(C7)c7oc%10ccc(O)cc%10c7C[C@@H](C)N9C8)N(C5)C6C4CC)N(C2)C13. The van der Waals surface area contributed by atoms with Crippen LogP contribution in [0, 0.1) is 40.9 Å². The van der Waals surface area contributed by atoms with Gasteiger partial charge in [0.1, 0.15) is 51.3 Å². The molecule has 12 heterocycles. The Kier molecular flexibility index (Phi) is 9.22. The zero-order valence-electron chi connectivity index (χ0n) is 41.1. The van der Waals surface area contributed by atoms with Gasteiger partial charge in [0, 0.05) is 106 Å². The molecule has 6 saturated heterocycles. The Morgan fingerprint density at radius 2 is 1.13 bits per heavy atom. The summed E-state index contributed by atoms with van der Waals surface area (Å²) in [5.41, 5.74) is 7.01. The lowest BCUT2D eigenvalue weighted by molar-refractivity contribution is -0.130. The number of aromatic hydroxyl groups is 3. The molecule has 3 saturated carbocycles. The van der Waals surface area contributed by atoms with E-state index in [2.05, 4.69) is 42.4 Å². The Labute approximate surface area is 406 Å². The molecular formula is C60H71N3O6. The predicted molar refractivity (Wildman–Crippen MR) is 268 cm³/mol. The van der Waals surface area contributed by atoms with Gasteiger partial charge in [-0.15, -0.1) is 0 Å². The van der Waals surface area contributed by atoms with Gasteiger partial charge >= 0.3 is 0 Å². The fourth-order valence-electron chi connectivity index (χ4n) is 19.3. The zero-order valence-corrected chi connectivity index (χ0v) is 41.1. The lowest BCUT2D eigenvalue weighted by atomic mass is 9.55. The minimum absolute atomic E-state index is 0.140. The summed E-state index contributed by atoms with van der Waals surface area (Å²) in [6.45, 7) is 13.3. The average Bonchev–Trinajstić information content (AvgIpc) is 3.97. The normalized spacial score (nSPS) is 41.2. The molecule has 16 unspecified atom stereocenters. The summed E-state index contributed by atoms with van der Waals surface area (Å²) >= 11 is 0. The van der Waals surface area contributed by atoms with Crippen molar-refractivity contribution in [2.45, 2.75) is 165 Å². The van der Waals surface area contributed by atoms with Gasteiger partial charge in [-0.2, -0.15) is 0 Å². The number of piperidine rings is 6. The van der Waals surface area contributed by atoms with Gasteiger partial charge in [-0.25, -0.2) is 0 Å². The quantitative estimate of drug-likeness (QED) is 0.144. The first kappa shape index (κ1) is 42.3. The fourth-order valence-corrected chi connectivity index (χ4v) is 19.3. The minimum atomic E-state index is 0.140. The number of rotatable bonds is 7. The number of phenols is 3. The molecule has 12 aliphatic rings. The van der Waals surface area contributed by atoms with E-state index in [4.69, 9.17) is 13.3 Å². The van der Waals surface area contributed by atoms with Crippen LogP contribution in [0.1, 0.15) is 144 Å². The molecule has 0 spiro atoms. The van der Waals surface area contributed by atoms with Crippen LogP contribution in [0.5, 0.6) is 17.2 Å². The van der Waals surface area contributed by atoms with E-state index in [1.165, 1.54) is 85.5 Å². The third kappa shape index (κ3) is 5.99. The monoisotopic (exact) mass is 930 g/mol. The van der Waals surface area contributed by atoms with Crippen LogP contribution in [0.2, 0.25) is 0 Å². The molecule has 3 aliphatic carbocycles. The minimum Gasteiger partial charge on any atom is -0.508 e. The first-order valence-corrected chi connectivity index (χ1v) is 27.6.